The summed E-state index contributed by atoms with van der Waals surface area (Å²) in [7, 11) is 2.01. The molecule has 1 aliphatic rings. The fourth-order valence-corrected chi connectivity index (χ4v) is 2.59. The highest BCUT2D eigenvalue weighted by Crippen LogP contribution is 2.31. The molecule has 1 saturated heterocycles. The molecule has 19 heavy (non-hydrogen) atoms. The van der Waals surface area contributed by atoms with Crippen molar-refractivity contribution in [1.82, 2.24) is 0 Å². The Balaban J connectivity index is 2.33. The van der Waals surface area contributed by atoms with Crippen LogP contribution in [-0.2, 0) is 4.74 Å². The molecule has 2 rings (SSSR count). The van der Waals surface area contributed by atoms with Gasteiger partial charge in [0.05, 0.1) is 6.10 Å². The van der Waals surface area contributed by atoms with Gasteiger partial charge < -0.3 is 14.7 Å². The van der Waals surface area contributed by atoms with E-state index in [1.807, 2.05) is 13.1 Å². The highest BCUT2D eigenvalue weighted by Gasteiger charge is 2.22. The summed E-state index contributed by atoms with van der Waals surface area (Å²) in [5.41, 5.74) is 2.18. The van der Waals surface area contributed by atoms with E-state index in [4.69, 9.17) is 4.74 Å². The summed E-state index contributed by atoms with van der Waals surface area (Å²) >= 11 is 0. The maximum absolute atomic E-state index is 13.7. The molecule has 0 unspecified atom stereocenters. The lowest BCUT2D eigenvalue weighted by Crippen LogP contribution is -2.37. The summed E-state index contributed by atoms with van der Waals surface area (Å²) < 4.78 is 19.0. The first-order chi connectivity index (χ1) is 9.00. The van der Waals surface area contributed by atoms with E-state index in [0.717, 1.165) is 31.7 Å². The molecular weight excluding hydrogens is 245 g/mol. The number of anilines is 1. The Morgan fingerprint density at radius 2 is 2.00 bits per heavy atom. The molecule has 0 saturated carbocycles. The summed E-state index contributed by atoms with van der Waals surface area (Å²) in [5, 5.41) is 9.85. The van der Waals surface area contributed by atoms with Gasteiger partial charge in [-0.3, -0.25) is 0 Å². The van der Waals surface area contributed by atoms with Crippen molar-refractivity contribution in [3.8, 4) is 0 Å². The molecule has 1 atom stereocenters. The van der Waals surface area contributed by atoms with Gasteiger partial charge >= 0.3 is 0 Å². The fraction of sp³-hybridized carbons (Fsp3) is 0.600. The van der Waals surface area contributed by atoms with Crippen LogP contribution in [0.4, 0.5) is 10.1 Å². The number of nitrogens with zero attached hydrogens (tertiary/aromatic N) is 1. The molecule has 0 bridgehead atoms. The maximum atomic E-state index is 13.7. The van der Waals surface area contributed by atoms with Gasteiger partial charge in [0.1, 0.15) is 5.82 Å². The fourth-order valence-electron chi connectivity index (χ4n) is 2.59. The summed E-state index contributed by atoms with van der Waals surface area (Å²) in [5.74, 6) is -0.264. The quantitative estimate of drug-likeness (QED) is 0.914. The van der Waals surface area contributed by atoms with Crippen molar-refractivity contribution in [1.29, 1.82) is 0 Å². The summed E-state index contributed by atoms with van der Waals surface area (Å²) in [4.78, 5) is 2.15. The Bertz CT molecular complexity index is 442. The standard InChI is InChI=1S/C15H22FNO2/c1-10-8-15(13(11(2)18)9-14(10)16)17(3)12-4-6-19-7-5-12/h8-9,11-12,18H,4-7H2,1-3H3/t11-/m1/s1. The Morgan fingerprint density at radius 3 is 2.58 bits per heavy atom. The minimum atomic E-state index is -0.674. The molecule has 1 aliphatic heterocycles. The molecule has 4 heteroatoms. The normalized spacial score (nSPS) is 18.4. The molecule has 1 N–H and O–H groups in total. The minimum Gasteiger partial charge on any atom is -0.389 e. The van der Waals surface area contributed by atoms with E-state index in [9.17, 15) is 9.50 Å². The second kappa shape index (κ2) is 5.88. The highest BCUT2D eigenvalue weighted by atomic mass is 19.1. The van der Waals surface area contributed by atoms with Crippen molar-refractivity contribution < 1.29 is 14.2 Å². The van der Waals surface area contributed by atoms with Crippen molar-refractivity contribution in [2.24, 2.45) is 0 Å². The van der Waals surface area contributed by atoms with Gasteiger partial charge in [0.15, 0.2) is 0 Å². The summed E-state index contributed by atoms with van der Waals surface area (Å²) in [6, 6.07) is 3.66. The second-order valence-electron chi connectivity index (χ2n) is 5.29. The third-order valence-electron chi connectivity index (χ3n) is 3.88. The van der Waals surface area contributed by atoms with Crippen molar-refractivity contribution in [2.75, 3.05) is 25.2 Å². The molecule has 1 aromatic rings. The first-order valence-corrected chi connectivity index (χ1v) is 6.79. The zero-order valence-electron chi connectivity index (χ0n) is 11.8. The van der Waals surface area contributed by atoms with Gasteiger partial charge in [-0.2, -0.15) is 0 Å². The molecule has 1 heterocycles. The first kappa shape index (κ1) is 14.3. The Kier molecular flexibility index (Phi) is 4.42. The number of rotatable bonds is 3. The smallest absolute Gasteiger partial charge is 0.126 e. The van der Waals surface area contributed by atoms with Crippen LogP contribution in [0.2, 0.25) is 0 Å². The Morgan fingerprint density at radius 1 is 1.37 bits per heavy atom. The van der Waals surface area contributed by atoms with Crippen molar-refractivity contribution in [3.05, 3.63) is 29.1 Å². The van der Waals surface area contributed by atoms with Crippen molar-refractivity contribution in [3.63, 3.8) is 0 Å². The van der Waals surface area contributed by atoms with Gasteiger partial charge in [-0.15, -0.1) is 0 Å². The largest absolute Gasteiger partial charge is 0.389 e. The lowest BCUT2D eigenvalue weighted by molar-refractivity contribution is 0.0853. The zero-order chi connectivity index (χ0) is 14.0. The van der Waals surface area contributed by atoms with E-state index in [1.165, 1.54) is 6.07 Å². The second-order valence-corrected chi connectivity index (χ2v) is 5.29. The number of aliphatic hydroxyl groups excluding tert-OH is 1. The van der Waals surface area contributed by atoms with Crippen LogP contribution in [0.5, 0.6) is 0 Å². The van der Waals surface area contributed by atoms with Gasteiger partial charge in [-0.1, -0.05) is 0 Å². The lowest BCUT2D eigenvalue weighted by atomic mass is 10.0. The summed E-state index contributed by atoms with van der Waals surface area (Å²) in [6.07, 6.45) is 1.26. The maximum Gasteiger partial charge on any atom is 0.126 e. The number of aliphatic hydroxyl groups is 1. The van der Waals surface area contributed by atoms with Crippen LogP contribution < -0.4 is 4.90 Å². The number of benzene rings is 1. The van der Waals surface area contributed by atoms with Gasteiger partial charge in [0.25, 0.3) is 0 Å². The third-order valence-corrected chi connectivity index (χ3v) is 3.88. The van der Waals surface area contributed by atoms with Crippen molar-refractivity contribution in [2.45, 2.75) is 38.8 Å². The number of aryl methyl sites for hydroxylation is 1. The van der Waals surface area contributed by atoms with E-state index in [2.05, 4.69) is 4.90 Å². The number of hydrogen-bond donors (Lipinski definition) is 1. The molecule has 0 radical (unpaired) electrons. The Labute approximate surface area is 114 Å². The van der Waals surface area contributed by atoms with Crippen LogP contribution >= 0.6 is 0 Å². The Hall–Kier alpha value is -1.13. The average Bonchev–Trinajstić information content (AvgIpc) is 2.41. The zero-order valence-corrected chi connectivity index (χ0v) is 11.8. The van der Waals surface area contributed by atoms with E-state index in [1.54, 1.807) is 13.8 Å². The number of halogens is 1. The van der Waals surface area contributed by atoms with E-state index in [0.29, 0.717) is 17.2 Å². The molecular formula is C15H22FNO2. The van der Waals surface area contributed by atoms with Gasteiger partial charge in [-0.25, -0.2) is 4.39 Å². The van der Waals surface area contributed by atoms with Crippen LogP contribution in [0, 0.1) is 12.7 Å². The SMILES string of the molecule is Cc1cc(N(C)C2CCOCC2)c([C@@H](C)O)cc1F. The molecule has 0 aliphatic carbocycles. The van der Waals surface area contributed by atoms with Gasteiger partial charge in [0, 0.05) is 37.6 Å². The van der Waals surface area contributed by atoms with Crippen LogP contribution in [0.3, 0.4) is 0 Å². The monoisotopic (exact) mass is 267 g/mol. The molecule has 1 aromatic carbocycles. The average molecular weight is 267 g/mol. The predicted molar refractivity (Wildman–Crippen MR) is 74.0 cm³/mol. The lowest BCUT2D eigenvalue weighted by Gasteiger charge is -2.34. The molecule has 0 spiro atoms. The molecule has 0 amide bonds. The van der Waals surface area contributed by atoms with Crippen LogP contribution in [-0.4, -0.2) is 31.4 Å². The van der Waals surface area contributed by atoms with Crippen LogP contribution in [0.1, 0.15) is 37.0 Å². The number of hydrogen-bond acceptors (Lipinski definition) is 3. The number of ether oxygens (including phenoxy) is 1. The molecule has 0 aromatic heterocycles. The minimum absolute atomic E-state index is 0.264. The van der Waals surface area contributed by atoms with E-state index >= 15 is 0 Å². The van der Waals surface area contributed by atoms with Gasteiger partial charge in [0.2, 0.25) is 0 Å². The molecule has 106 valence electrons. The third kappa shape index (κ3) is 3.07. The first-order valence-electron chi connectivity index (χ1n) is 6.79. The summed E-state index contributed by atoms with van der Waals surface area (Å²) in [6.45, 7) is 4.95. The van der Waals surface area contributed by atoms with Crippen molar-refractivity contribution >= 4 is 5.69 Å². The van der Waals surface area contributed by atoms with E-state index in [-0.39, 0.29) is 5.82 Å². The van der Waals surface area contributed by atoms with Crippen LogP contribution in [0.25, 0.3) is 0 Å². The van der Waals surface area contributed by atoms with Gasteiger partial charge in [-0.05, 0) is 44.4 Å². The topological polar surface area (TPSA) is 32.7 Å². The predicted octanol–water partition coefficient (Wildman–Crippen LogP) is 2.80. The van der Waals surface area contributed by atoms with E-state index < -0.39 is 6.10 Å². The molecule has 1 fully saturated rings. The molecule has 3 nitrogen and oxygen atoms in total. The highest BCUT2D eigenvalue weighted by molar-refractivity contribution is 5.57. The van der Waals surface area contributed by atoms with Crippen LogP contribution in [0.15, 0.2) is 12.1 Å².